The molecule has 1 N–H and O–H groups in total. The van der Waals surface area contributed by atoms with Gasteiger partial charge in [0, 0.05) is 11.6 Å². The van der Waals surface area contributed by atoms with E-state index in [1.54, 1.807) is 72.8 Å². The van der Waals surface area contributed by atoms with E-state index in [1.807, 2.05) is 25.1 Å². The van der Waals surface area contributed by atoms with Gasteiger partial charge in [-0.05, 0) is 61.0 Å². The minimum Gasteiger partial charge on any atom is -0.484 e. The third-order valence-electron chi connectivity index (χ3n) is 5.44. The summed E-state index contributed by atoms with van der Waals surface area (Å²) in [6.45, 7) is 1.81. The first kappa shape index (κ1) is 27.1. The zero-order chi connectivity index (χ0) is 27.0. The highest BCUT2D eigenvalue weighted by Gasteiger charge is 2.26. The van der Waals surface area contributed by atoms with Gasteiger partial charge < -0.3 is 9.15 Å². The molecule has 4 aromatic rings. The van der Waals surface area contributed by atoms with Crippen molar-refractivity contribution in [3.8, 4) is 5.75 Å². The van der Waals surface area contributed by atoms with Crippen LogP contribution in [0.1, 0.15) is 22.6 Å². The number of rotatable bonds is 11. The number of hydrazone groups is 1. The summed E-state index contributed by atoms with van der Waals surface area (Å²) in [4.78, 5) is 12.1. The average molecular weight is 552 g/mol. The second-order valence-corrected chi connectivity index (χ2v) is 10.8. The Balaban J connectivity index is 1.43. The quantitative estimate of drug-likeness (QED) is 0.205. The summed E-state index contributed by atoms with van der Waals surface area (Å²) in [5, 5.41) is 4.45. The van der Waals surface area contributed by atoms with Gasteiger partial charge in [-0.1, -0.05) is 59.6 Å². The number of hydrogen-bond acceptors (Lipinski definition) is 6. The monoisotopic (exact) mass is 551 g/mol. The second kappa shape index (κ2) is 12.6. The van der Waals surface area contributed by atoms with Crippen LogP contribution in [0.3, 0.4) is 0 Å². The molecule has 0 aliphatic carbocycles. The Kier molecular flexibility index (Phi) is 8.96. The number of carbonyl (C=O) groups is 1. The Labute approximate surface area is 226 Å². The zero-order valence-corrected chi connectivity index (χ0v) is 22.2. The highest BCUT2D eigenvalue weighted by molar-refractivity contribution is 7.89. The van der Waals surface area contributed by atoms with Crippen LogP contribution < -0.4 is 10.2 Å². The maximum absolute atomic E-state index is 13.5. The van der Waals surface area contributed by atoms with E-state index in [2.05, 4.69) is 10.5 Å². The maximum Gasteiger partial charge on any atom is 0.277 e. The number of amides is 1. The molecule has 0 unspecified atom stereocenters. The number of halogens is 1. The van der Waals surface area contributed by atoms with Gasteiger partial charge in [0.15, 0.2) is 6.61 Å². The molecule has 0 aliphatic heterocycles. The van der Waals surface area contributed by atoms with E-state index in [-0.39, 0.29) is 24.6 Å². The zero-order valence-electron chi connectivity index (χ0n) is 20.6. The van der Waals surface area contributed by atoms with Gasteiger partial charge in [-0.25, -0.2) is 13.8 Å². The van der Waals surface area contributed by atoms with E-state index in [0.717, 1.165) is 11.1 Å². The van der Waals surface area contributed by atoms with E-state index >= 15 is 0 Å². The standard InChI is InChI=1S/C28H26ClN3O5S/c1-21-7-15-27(16-8-21)38(34,35)32(18-22-9-11-23(29)12-10-22)19-26-14-13-25(37-26)17-30-31-28(33)20-36-24-5-3-2-4-6-24/h2-17H,18-20H2,1H3,(H,31,33)/b30-17-. The van der Waals surface area contributed by atoms with E-state index in [1.165, 1.54) is 10.5 Å². The number of sulfonamides is 1. The van der Waals surface area contributed by atoms with Crippen molar-refractivity contribution >= 4 is 33.7 Å². The number of para-hydroxylation sites is 1. The summed E-state index contributed by atoms with van der Waals surface area (Å²) in [6.07, 6.45) is 1.34. The van der Waals surface area contributed by atoms with Crippen molar-refractivity contribution < 1.29 is 22.4 Å². The van der Waals surface area contributed by atoms with Crippen LogP contribution in [0, 0.1) is 6.92 Å². The van der Waals surface area contributed by atoms with E-state index < -0.39 is 15.9 Å². The van der Waals surface area contributed by atoms with Crippen molar-refractivity contribution in [3.05, 3.63) is 119 Å². The number of benzene rings is 3. The molecule has 0 atom stereocenters. The number of carbonyl (C=O) groups excluding carboxylic acids is 1. The Bertz CT molecular complexity index is 1490. The molecular formula is C28H26ClN3O5S. The van der Waals surface area contributed by atoms with Crippen LogP contribution in [0.5, 0.6) is 5.75 Å². The lowest BCUT2D eigenvalue weighted by molar-refractivity contribution is -0.123. The first-order valence-corrected chi connectivity index (χ1v) is 13.5. The number of nitrogens with zero attached hydrogens (tertiary/aromatic N) is 2. The lowest BCUT2D eigenvalue weighted by Gasteiger charge is -2.21. The van der Waals surface area contributed by atoms with Crippen molar-refractivity contribution in [2.75, 3.05) is 6.61 Å². The first-order chi connectivity index (χ1) is 18.3. The fourth-order valence-electron chi connectivity index (χ4n) is 3.47. The molecule has 3 aromatic carbocycles. The molecule has 1 heterocycles. The smallest absolute Gasteiger partial charge is 0.277 e. The maximum atomic E-state index is 13.5. The molecule has 0 radical (unpaired) electrons. The van der Waals surface area contributed by atoms with Gasteiger partial charge in [-0.3, -0.25) is 4.79 Å². The fraction of sp³-hybridized carbons (Fsp3) is 0.143. The molecule has 196 valence electrons. The third kappa shape index (κ3) is 7.55. The number of hydrogen-bond donors (Lipinski definition) is 1. The van der Waals surface area contributed by atoms with Crippen LogP contribution in [0.2, 0.25) is 5.02 Å². The second-order valence-electron chi connectivity index (χ2n) is 8.41. The van der Waals surface area contributed by atoms with Crippen LogP contribution in [-0.4, -0.2) is 31.5 Å². The Morgan fingerprint density at radius 1 is 0.974 bits per heavy atom. The van der Waals surface area contributed by atoms with Crippen LogP contribution in [0.25, 0.3) is 0 Å². The molecule has 0 saturated carbocycles. The number of nitrogens with one attached hydrogen (secondary N) is 1. The minimum atomic E-state index is -3.84. The molecule has 1 aromatic heterocycles. The van der Waals surface area contributed by atoms with Crippen LogP contribution in [-0.2, 0) is 27.9 Å². The van der Waals surface area contributed by atoms with Crippen LogP contribution in [0.4, 0.5) is 0 Å². The summed E-state index contributed by atoms with van der Waals surface area (Å²) < 4.78 is 39.5. The summed E-state index contributed by atoms with van der Waals surface area (Å²) in [5.74, 6) is 0.902. The van der Waals surface area contributed by atoms with Crippen molar-refractivity contribution in [1.82, 2.24) is 9.73 Å². The van der Waals surface area contributed by atoms with Crippen LogP contribution >= 0.6 is 11.6 Å². The van der Waals surface area contributed by atoms with Gasteiger partial charge >= 0.3 is 0 Å². The van der Waals surface area contributed by atoms with Crippen molar-refractivity contribution in [1.29, 1.82) is 0 Å². The van der Waals surface area contributed by atoms with E-state index in [0.29, 0.717) is 22.3 Å². The summed E-state index contributed by atoms with van der Waals surface area (Å²) in [7, 11) is -3.84. The largest absolute Gasteiger partial charge is 0.484 e. The van der Waals surface area contributed by atoms with Gasteiger partial charge in [0.05, 0.1) is 17.7 Å². The highest BCUT2D eigenvalue weighted by atomic mass is 35.5. The van der Waals surface area contributed by atoms with E-state index in [4.69, 9.17) is 20.8 Å². The molecule has 8 nitrogen and oxygen atoms in total. The van der Waals surface area contributed by atoms with Crippen molar-refractivity contribution in [2.45, 2.75) is 24.9 Å². The average Bonchev–Trinajstić information content (AvgIpc) is 3.36. The molecule has 0 saturated heterocycles. The molecule has 38 heavy (non-hydrogen) atoms. The number of aryl methyl sites for hydroxylation is 1. The number of furan rings is 1. The van der Waals surface area contributed by atoms with Gasteiger partial charge in [-0.2, -0.15) is 9.41 Å². The van der Waals surface area contributed by atoms with Gasteiger partial charge in [0.2, 0.25) is 10.0 Å². The molecule has 0 fully saturated rings. The minimum absolute atomic E-state index is 0.00997. The van der Waals surface area contributed by atoms with Crippen LogP contribution in [0.15, 0.2) is 105 Å². The van der Waals surface area contributed by atoms with Crippen molar-refractivity contribution in [3.63, 3.8) is 0 Å². The summed E-state index contributed by atoms with van der Waals surface area (Å²) in [6, 6.07) is 26.0. The predicted molar refractivity (Wildman–Crippen MR) is 145 cm³/mol. The van der Waals surface area contributed by atoms with Gasteiger partial charge in [0.1, 0.15) is 17.3 Å². The Morgan fingerprint density at radius 2 is 1.68 bits per heavy atom. The summed E-state index contributed by atoms with van der Waals surface area (Å²) >= 11 is 6.00. The topological polar surface area (TPSA) is 101 Å². The Hall–Kier alpha value is -3.92. The highest BCUT2D eigenvalue weighted by Crippen LogP contribution is 2.23. The van der Waals surface area contributed by atoms with Gasteiger partial charge in [0.25, 0.3) is 5.91 Å². The third-order valence-corrected chi connectivity index (χ3v) is 7.50. The lowest BCUT2D eigenvalue weighted by atomic mass is 10.2. The molecule has 1 amide bonds. The Morgan fingerprint density at radius 3 is 2.39 bits per heavy atom. The molecular weight excluding hydrogens is 526 g/mol. The normalized spacial score (nSPS) is 11.7. The SMILES string of the molecule is Cc1ccc(S(=O)(=O)N(Cc2ccc(Cl)cc2)Cc2ccc(/C=N\NC(=O)COc3ccccc3)o2)cc1. The summed E-state index contributed by atoms with van der Waals surface area (Å²) in [5.41, 5.74) is 4.10. The first-order valence-electron chi connectivity index (χ1n) is 11.7. The molecule has 10 heteroatoms. The predicted octanol–water partition coefficient (Wildman–Crippen LogP) is 5.16. The fourth-order valence-corrected chi connectivity index (χ4v) is 4.99. The molecule has 0 aliphatic rings. The number of ether oxygens (including phenoxy) is 1. The van der Waals surface area contributed by atoms with E-state index in [9.17, 15) is 13.2 Å². The lowest BCUT2D eigenvalue weighted by Crippen LogP contribution is -2.30. The van der Waals surface area contributed by atoms with Crippen molar-refractivity contribution in [2.24, 2.45) is 5.10 Å². The molecule has 0 bridgehead atoms. The van der Waals surface area contributed by atoms with Gasteiger partial charge in [-0.15, -0.1) is 0 Å². The molecule has 4 rings (SSSR count). The molecule has 0 spiro atoms.